The molecular weight excluding hydrogens is 370 g/mol. The number of aromatic nitrogens is 1. The van der Waals surface area contributed by atoms with E-state index in [1.165, 1.54) is 0 Å². The third-order valence-corrected chi connectivity index (χ3v) is 4.57. The topological polar surface area (TPSA) is 68.5 Å². The maximum atomic E-state index is 10.8. The molecule has 116 valence electrons. The van der Waals surface area contributed by atoms with Crippen LogP contribution >= 0.6 is 27.5 Å². The minimum Gasteiger partial charge on any atom is -0.446 e. The van der Waals surface area contributed by atoms with Crippen molar-refractivity contribution in [2.45, 2.75) is 18.9 Å². The normalized spacial score (nSPS) is 16.0. The highest BCUT2D eigenvalue weighted by Crippen LogP contribution is 2.36. The number of carbonyl (C=O) groups is 1. The number of amides is 1. The Bertz CT molecular complexity index is 712. The maximum absolute atomic E-state index is 10.8. The van der Waals surface area contributed by atoms with E-state index in [9.17, 15) is 4.79 Å². The molecule has 22 heavy (non-hydrogen) atoms. The van der Waals surface area contributed by atoms with Crippen molar-refractivity contribution in [1.82, 2.24) is 4.98 Å². The minimum absolute atomic E-state index is 0.118. The fourth-order valence-electron chi connectivity index (χ4n) is 2.81. The summed E-state index contributed by atoms with van der Waals surface area (Å²) in [4.78, 5) is 17.4. The molecule has 0 unspecified atom stereocenters. The summed E-state index contributed by atoms with van der Waals surface area (Å²) in [7, 11) is 0. The van der Waals surface area contributed by atoms with Gasteiger partial charge < -0.3 is 15.4 Å². The molecule has 1 aliphatic heterocycles. The van der Waals surface area contributed by atoms with Crippen LogP contribution in [0.15, 0.2) is 28.9 Å². The highest BCUT2D eigenvalue weighted by atomic mass is 79.9. The number of anilines is 1. The number of nitrogens with zero attached hydrogens (tertiary/aromatic N) is 2. The number of piperidine rings is 1. The molecule has 7 heteroatoms. The Morgan fingerprint density at radius 1 is 1.41 bits per heavy atom. The van der Waals surface area contributed by atoms with Gasteiger partial charge in [-0.25, -0.2) is 4.79 Å². The van der Waals surface area contributed by atoms with Crippen molar-refractivity contribution in [2.75, 3.05) is 18.0 Å². The van der Waals surface area contributed by atoms with Crippen molar-refractivity contribution in [2.24, 2.45) is 5.73 Å². The standard InChI is InChI=1S/C15H15BrClN3O2/c16-9-1-2-13-11(7-9)14(12(17)8-19-13)20-5-3-10(4-6-20)22-15(18)21/h1-2,7-8,10H,3-6H2,(H2,18,21). The van der Waals surface area contributed by atoms with E-state index < -0.39 is 6.09 Å². The first-order valence-electron chi connectivity index (χ1n) is 6.99. The number of rotatable bonds is 2. The quantitative estimate of drug-likeness (QED) is 0.857. The van der Waals surface area contributed by atoms with E-state index in [-0.39, 0.29) is 6.10 Å². The molecule has 0 saturated carbocycles. The average Bonchev–Trinajstić information content (AvgIpc) is 2.48. The molecule has 1 aromatic heterocycles. The molecule has 0 spiro atoms. The van der Waals surface area contributed by atoms with Gasteiger partial charge in [0.2, 0.25) is 0 Å². The zero-order valence-corrected chi connectivity index (χ0v) is 14.1. The number of ether oxygens (including phenoxy) is 1. The van der Waals surface area contributed by atoms with Crippen LogP contribution in [0.5, 0.6) is 0 Å². The Kier molecular flexibility index (Phi) is 4.40. The molecule has 2 N–H and O–H groups in total. The van der Waals surface area contributed by atoms with Crippen molar-refractivity contribution < 1.29 is 9.53 Å². The van der Waals surface area contributed by atoms with Gasteiger partial charge in [0.15, 0.2) is 0 Å². The number of primary amides is 1. The predicted octanol–water partition coefficient (Wildman–Crippen LogP) is 3.71. The lowest BCUT2D eigenvalue weighted by Gasteiger charge is -2.34. The molecule has 3 rings (SSSR count). The first kappa shape index (κ1) is 15.4. The Morgan fingerprint density at radius 3 is 2.82 bits per heavy atom. The number of fused-ring (bicyclic) bond motifs is 1. The van der Waals surface area contributed by atoms with Crippen molar-refractivity contribution in [3.8, 4) is 0 Å². The van der Waals surface area contributed by atoms with Gasteiger partial charge in [-0.15, -0.1) is 0 Å². The van der Waals surface area contributed by atoms with Gasteiger partial charge in [0, 0.05) is 42.0 Å². The van der Waals surface area contributed by atoms with Gasteiger partial charge in [-0.2, -0.15) is 0 Å². The van der Waals surface area contributed by atoms with E-state index in [0.717, 1.165) is 47.0 Å². The smallest absolute Gasteiger partial charge is 0.404 e. The zero-order chi connectivity index (χ0) is 15.7. The van der Waals surface area contributed by atoms with E-state index in [1.54, 1.807) is 6.20 Å². The largest absolute Gasteiger partial charge is 0.446 e. The Balaban J connectivity index is 1.89. The summed E-state index contributed by atoms with van der Waals surface area (Å²) in [5.74, 6) is 0. The van der Waals surface area contributed by atoms with Crippen LogP contribution in [0.25, 0.3) is 10.9 Å². The monoisotopic (exact) mass is 383 g/mol. The van der Waals surface area contributed by atoms with E-state index in [2.05, 4.69) is 25.8 Å². The number of halogens is 2. The molecule has 2 heterocycles. The van der Waals surface area contributed by atoms with Crippen molar-refractivity contribution in [3.63, 3.8) is 0 Å². The van der Waals surface area contributed by atoms with E-state index in [0.29, 0.717) is 5.02 Å². The van der Waals surface area contributed by atoms with Crippen LogP contribution < -0.4 is 10.6 Å². The molecule has 1 saturated heterocycles. The summed E-state index contributed by atoms with van der Waals surface area (Å²) < 4.78 is 6.06. The van der Waals surface area contributed by atoms with Crippen LogP contribution in [-0.2, 0) is 4.74 Å². The molecule has 0 atom stereocenters. The highest BCUT2D eigenvalue weighted by Gasteiger charge is 2.24. The lowest BCUT2D eigenvalue weighted by Crippen LogP contribution is -2.38. The van der Waals surface area contributed by atoms with Crippen LogP contribution in [0.3, 0.4) is 0 Å². The molecule has 0 bridgehead atoms. The number of hydrogen-bond donors (Lipinski definition) is 1. The molecular formula is C15H15BrClN3O2. The number of benzene rings is 1. The molecule has 1 amide bonds. The first-order chi connectivity index (χ1) is 10.5. The summed E-state index contributed by atoms with van der Waals surface area (Å²) in [5.41, 5.74) is 6.95. The number of carbonyl (C=O) groups excluding carboxylic acids is 1. The lowest BCUT2D eigenvalue weighted by atomic mass is 10.1. The molecule has 1 aliphatic rings. The molecule has 1 aromatic carbocycles. The van der Waals surface area contributed by atoms with Gasteiger partial charge in [-0.05, 0) is 18.2 Å². The zero-order valence-electron chi connectivity index (χ0n) is 11.8. The number of nitrogens with two attached hydrogens (primary N) is 1. The summed E-state index contributed by atoms with van der Waals surface area (Å²) in [6, 6.07) is 5.94. The third-order valence-electron chi connectivity index (χ3n) is 3.80. The predicted molar refractivity (Wildman–Crippen MR) is 90.4 cm³/mol. The number of pyridine rings is 1. The highest BCUT2D eigenvalue weighted by molar-refractivity contribution is 9.10. The van der Waals surface area contributed by atoms with Crippen molar-refractivity contribution >= 4 is 50.2 Å². The lowest BCUT2D eigenvalue weighted by molar-refractivity contribution is 0.0913. The van der Waals surface area contributed by atoms with Gasteiger partial charge >= 0.3 is 6.09 Å². The third kappa shape index (κ3) is 3.13. The SMILES string of the molecule is NC(=O)OC1CCN(c2c(Cl)cnc3ccc(Br)cc23)CC1. The van der Waals surface area contributed by atoms with Gasteiger partial charge in [0.1, 0.15) is 6.10 Å². The molecule has 2 aromatic rings. The van der Waals surface area contributed by atoms with E-state index in [4.69, 9.17) is 22.1 Å². The average molecular weight is 385 g/mol. The summed E-state index contributed by atoms with van der Waals surface area (Å²) in [6.07, 6.45) is 2.31. The first-order valence-corrected chi connectivity index (χ1v) is 8.16. The van der Waals surface area contributed by atoms with Gasteiger partial charge in [-0.1, -0.05) is 27.5 Å². The van der Waals surface area contributed by atoms with E-state index >= 15 is 0 Å². The molecule has 5 nitrogen and oxygen atoms in total. The van der Waals surface area contributed by atoms with Gasteiger partial charge in [0.25, 0.3) is 0 Å². The summed E-state index contributed by atoms with van der Waals surface area (Å²) in [6.45, 7) is 1.51. The fourth-order valence-corrected chi connectivity index (χ4v) is 3.44. The van der Waals surface area contributed by atoms with Crippen molar-refractivity contribution in [1.29, 1.82) is 0 Å². The maximum Gasteiger partial charge on any atom is 0.404 e. The van der Waals surface area contributed by atoms with Crippen LogP contribution in [-0.4, -0.2) is 30.3 Å². The van der Waals surface area contributed by atoms with Crippen LogP contribution in [0.2, 0.25) is 5.02 Å². The second kappa shape index (κ2) is 6.30. The Morgan fingerprint density at radius 2 is 2.14 bits per heavy atom. The summed E-state index contributed by atoms with van der Waals surface area (Å²) in [5, 5.41) is 1.64. The van der Waals surface area contributed by atoms with Gasteiger partial charge in [0.05, 0.1) is 16.2 Å². The minimum atomic E-state index is -0.713. The van der Waals surface area contributed by atoms with E-state index in [1.807, 2.05) is 18.2 Å². The second-order valence-electron chi connectivity index (χ2n) is 5.24. The van der Waals surface area contributed by atoms with Crippen molar-refractivity contribution in [3.05, 3.63) is 33.9 Å². The molecule has 0 radical (unpaired) electrons. The summed E-state index contributed by atoms with van der Waals surface area (Å²) >= 11 is 9.88. The Labute approximate surface area is 141 Å². The van der Waals surface area contributed by atoms with Gasteiger partial charge in [-0.3, -0.25) is 4.98 Å². The second-order valence-corrected chi connectivity index (χ2v) is 6.56. The molecule has 0 aliphatic carbocycles. The molecule has 1 fully saturated rings. The number of hydrogen-bond acceptors (Lipinski definition) is 4. The van der Waals surface area contributed by atoms with Crippen LogP contribution in [0.1, 0.15) is 12.8 Å². The van der Waals surface area contributed by atoms with Crippen LogP contribution in [0.4, 0.5) is 10.5 Å². The van der Waals surface area contributed by atoms with Crippen LogP contribution in [0, 0.1) is 0 Å². The fraction of sp³-hybridized carbons (Fsp3) is 0.333. The Hall–Kier alpha value is -1.53.